The Morgan fingerprint density at radius 2 is 1.93 bits per heavy atom. The average Bonchev–Trinajstić information content (AvgIpc) is 3.13. The fourth-order valence-electron chi connectivity index (χ4n) is 2.93. The molecule has 0 radical (unpaired) electrons. The molecule has 0 saturated heterocycles. The lowest BCUT2D eigenvalue weighted by atomic mass is 10.1. The van der Waals surface area contributed by atoms with Crippen molar-refractivity contribution < 1.29 is 23.4 Å². The molecule has 0 fully saturated rings. The van der Waals surface area contributed by atoms with E-state index in [1.54, 1.807) is 41.2 Å². The number of carboxylic acids is 1. The van der Waals surface area contributed by atoms with Gasteiger partial charge < -0.3 is 15.2 Å². The van der Waals surface area contributed by atoms with E-state index in [1.165, 1.54) is 24.3 Å². The maximum absolute atomic E-state index is 12.3. The molecule has 2 aromatic heterocycles. The number of nitrogens with zero attached hydrogens (tertiary/aromatic N) is 3. The van der Waals surface area contributed by atoms with Crippen LogP contribution < -0.4 is 10.1 Å². The van der Waals surface area contributed by atoms with Gasteiger partial charge in [-0.25, -0.2) is 14.8 Å². The van der Waals surface area contributed by atoms with E-state index >= 15 is 0 Å². The van der Waals surface area contributed by atoms with Gasteiger partial charge in [0, 0.05) is 23.6 Å². The molecular weight excluding hydrogens is 418 g/mol. The van der Waals surface area contributed by atoms with Crippen molar-refractivity contribution in [1.29, 1.82) is 0 Å². The highest BCUT2D eigenvalue weighted by Gasteiger charge is 2.13. The molecule has 0 amide bonds. The van der Waals surface area contributed by atoms with Crippen LogP contribution in [0.2, 0.25) is 5.02 Å². The van der Waals surface area contributed by atoms with E-state index in [2.05, 4.69) is 20.0 Å². The smallest absolute Gasteiger partial charge is 0.387 e. The second-order valence-electron chi connectivity index (χ2n) is 6.14. The normalized spacial score (nSPS) is 11.1. The van der Waals surface area contributed by atoms with Crippen LogP contribution in [0.3, 0.4) is 0 Å². The van der Waals surface area contributed by atoms with Gasteiger partial charge in [0.1, 0.15) is 5.75 Å². The first-order valence-electron chi connectivity index (χ1n) is 8.59. The largest absolute Gasteiger partial charge is 0.478 e. The first-order valence-corrected chi connectivity index (χ1v) is 8.97. The predicted octanol–water partition coefficient (Wildman–Crippen LogP) is 5.09. The van der Waals surface area contributed by atoms with Crippen LogP contribution in [0.25, 0.3) is 16.9 Å². The minimum atomic E-state index is -2.88. The van der Waals surface area contributed by atoms with Gasteiger partial charge >= 0.3 is 12.6 Å². The molecular formula is C20H13ClF2N4O3. The molecule has 2 N–H and O–H groups in total. The molecule has 4 rings (SSSR count). The summed E-state index contributed by atoms with van der Waals surface area (Å²) in [6.45, 7) is -2.88. The van der Waals surface area contributed by atoms with Crippen LogP contribution in [-0.2, 0) is 0 Å². The van der Waals surface area contributed by atoms with Crippen LogP contribution in [0.5, 0.6) is 5.75 Å². The molecule has 0 aliphatic heterocycles. The van der Waals surface area contributed by atoms with Crippen LogP contribution in [0.4, 0.5) is 20.3 Å². The van der Waals surface area contributed by atoms with E-state index in [0.717, 1.165) is 11.3 Å². The van der Waals surface area contributed by atoms with Gasteiger partial charge in [-0.2, -0.15) is 8.78 Å². The maximum Gasteiger partial charge on any atom is 0.387 e. The zero-order valence-electron chi connectivity index (χ0n) is 15.1. The number of benzene rings is 2. The van der Waals surface area contributed by atoms with E-state index in [0.29, 0.717) is 17.2 Å². The lowest BCUT2D eigenvalue weighted by Gasteiger charge is -2.09. The maximum atomic E-state index is 12.3. The molecule has 30 heavy (non-hydrogen) atoms. The minimum absolute atomic E-state index is 0.00394. The fraction of sp³-hybridized carbons (Fsp3) is 0.0500. The van der Waals surface area contributed by atoms with Gasteiger partial charge in [0.05, 0.1) is 22.5 Å². The van der Waals surface area contributed by atoms with E-state index in [4.69, 9.17) is 16.7 Å². The summed E-state index contributed by atoms with van der Waals surface area (Å²) in [6, 6.07) is 10.7. The summed E-state index contributed by atoms with van der Waals surface area (Å²) in [4.78, 5) is 19.8. The highest BCUT2D eigenvalue weighted by Crippen LogP contribution is 2.28. The van der Waals surface area contributed by atoms with Crippen molar-refractivity contribution in [3.8, 4) is 17.0 Å². The Kier molecular flexibility index (Phi) is 5.20. The van der Waals surface area contributed by atoms with E-state index < -0.39 is 12.6 Å². The Morgan fingerprint density at radius 1 is 1.17 bits per heavy atom. The van der Waals surface area contributed by atoms with Gasteiger partial charge in [-0.05, 0) is 42.5 Å². The summed E-state index contributed by atoms with van der Waals surface area (Å²) in [5.41, 5.74) is 2.52. The molecule has 0 bridgehead atoms. The zero-order valence-corrected chi connectivity index (χ0v) is 15.8. The van der Waals surface area contributed by atoms with Crippen molar-refractivity contribution in [3.63, 3.8) is 0 Å². The molecule has 2 heterocycles. The molecule has 0 unspecified atom stereocenters. The number of carboxylic acid groups (broad SMARTS) is 1. The SMILES string of the molecule is O=C(O)c1ccc(Nc2nccn3c(-c4ccc(OC(F)F)cc4)cnc23)cc1Cl. The van der Waals surface area contributed by atoms with E-state index in [1.807, 2.05) is 0 Å². The number of aromatic carboxylic acids is 1. The van der Waals surface area contributed by atoms with Crippen LogP contribution >= 0.6 is 11.6 Å². The Labute approximate surface area is 173 Å². The minimum Gasteiger partial charge on any atom is -0.478 e. The zero-order chi connectivity index (χ0) is 21.3. The number of rotatable bonds is 6. The third-order valence-corrected chi connectivity index (χ3v) is 4.58. The van der Waals surface area contributed by atoms with Gasteiger partial charge in [-0.1, -0.05) is 11.6 Å². The number of hydrogen-bond donors (Lipinski definition) is 2. The van der Waals surface area contributed by atoms with Crippen LogP contribution in [0, 0.1) is 0 Å². The number of anilines is 2. The van der Waals surface area contributed by atoms with Gasteiger partial charge in [-0.3, -0.25) is 4.40 Å². The van der Waals surface area contributed by atoms with Crippen molar-refractivity contribution in [2.75, 3.05) is 5.32 Å². The van der Waals surface area contributed by atoms with Gasteiger partial charge in [-0.15, -0.1) is 0 Å². The Hall–Kier alpha value is -3.72. The molecule has 0 atom stereocenters. The highest BCUT2D eigenvalue weighted by molar-refractivity contribution is 6.33. The first kappa shape index (κ1) is 19.6. The highest BCUT2D eigenvalue weighted by atomic mass is 35.5. The van der Waals surface area contributed by atoms with Crippen molar-refractivity contribution >= 4 is 34.7 Å². The summed E-state index contributed by atoms with van der Waals surface area (Å²) in [5.74, 6) is -0.622. The monoisotopic (exact) mass is 430 g/mol. The van der Waals surface area contributed by atoms with Crippen molar-refractivity contribution in [3.05, 3.63) is 71.6 Å². The molecule has 0 saturated carbocycles. The second-order valence-corrected chi connectivity index (χ2v) is 6.55. The predicted molar refractivity (Wildman–Crippen MR) is 107 cm³/mol. The number of nitrogens with one attached hydrogen (secondary N) is 1. The number of alkyl halides is 2. The molecule has 152 valence electrons. The molecule has 7 nitrogen and oxygen atoms in total. The molecule has 0 spiro atoms. The molecule has 2 aromatic carbocycles. The average molecular weight is 431 g/mol. The van der Waals surface area contributed by atoms with Crippen LogP contribution in [0.1, 0.15) is 10.4 Å². The number of hydrogen-bond acceptors (Lipinski definition) is 5. The van der Waals surface area contributed by atoms with Gasteiger partial charge in [0.2, 0.25) is 0 Å². The summed E-state index contributed by atoms with van der Waals surface area (Å²) in [7, 11) is 0. The number of aromatic nitrogens is 3. The first-order chi connectivity index (χ1) is 14.4. The second kappa shape index (κ2) is 7.96. The third-order valence-electron chi connectivity index (χ3n) is 4.27. The molecule has 0 aliphatic carbocycles. The van der Waals surface area contributed by atoms with Crippen molar-refractivity contribution in [2.24, 2.45) is 0 Å². The molecule has 10 heteroatoms. The summed E-state index contributed by atoms with van der Waals surface area (Å²) in [5, 5.41) is 12.2. The quantitative estimate of drug-likeness (QED) is 0.443. The van der Waals surface area contributed by atoms with Gasteiger partial charge in [0.15, 0.2) is 11.5 Å². The number of imidazole rings is 1. The number of ether oxygens (including phenoxy) is 1. The molecule has 4 aromatic rings. The summed E-state index contributed by atoms with van der Waals surface area (Å²) < 4.78 is 30.8. The third kappa shape index (κ3) is 3.87. The number of halogens is 3. The topological polar surface area (TPSA) is 88.8 Å². The number of fused-ring (bicyclic) bond motifs is 1. The van der Waals surface area contributed by atoms with E-state index in [9.17, 15) is 13.6 Å². The van der Waals surface area contributed by atoms with Gasteiger partial charge in [0.25, 0.3) is 0 Å². The van der Waals surface area contributed by atoms with Crippen LogP contribution in [-0.4, -0.2) is 32.1 Å². The lowest BCUT2D eigenvalue weighted by Crippen LogP contribution is -2.01. The summed E-state index contributed by atoms with van der Waals surface area (Å²) >= 11 is 6.02. The van der Waals surface area contributed by atoms with E-state index in [-0.39, 0.29) is 16.3 Å². The Bertz CT molecular complexity index is 1230. The lowest BCUT2D eigenvalue weighted by molar-refractivity contribution is -0.0498. The van der Waals surface area contributed by atoms with Crippen LogP contribution in [0.15, 0.2) is 61.1 Å². The Morgan fingerprint density at radius 3 is 2.60 bits per heavy atom. The Balaban J connectivity index is 1.65. The van der Waals surface area contributed by atoms with Crippen molar-refractivity contribution in [1.82, 2.24) is 14.4 Å². The number of carbonyl (C=O) groups is 1. The fourth-order valence-corrected chi connectivity index (χ4v) is 3.19. The molecule has 0 aliphatic rings. The summed E-state index contributed by atoms with van der Waals surface area (Å²) in [6.07, 6.45) is 4.92. The standard InChI is InChI=1S/C20H13ClF2N4O3/c21-15-9-12(3-6-14(15)19(28)29)26-17-18-25-10-16(27(18)8-7-24-17)11-1-4-13(5-2-11)30-20(22)23/h1-10,20H,(H,24,26)(H,28,29). The van der Waals surface area contributed by atoms with Crippen molar-refractivity contribution in [2.45, 2.75) is 6.61 Å².